The van der Waals surface area contributed by atoms with Crippen molar-refractivity contribution in [3.05, 3.63) is 17.2 Å². The fourth-order valence-electron chi connectivity index (χ4n) is 2.93. The molecule has 1 aromatic carbocycles. The molecule has 0 fully saturated rings. The molecule has 0 spiro atoms. The third kappa shape index (κ3) is 1.49. The van der Waals surface area contributed by atoms with E-state index in [0.717, 1.165) is 24.2 Å². The zero-order chi connectivity index (χ0) is 13.8. The summed E-state index contributed by atoms with van der Waals surface area (Å²) in [5.41, 5.74) is 6.71. The zero-order valence-electron chi connectivity index (χ0n) is 10.6. The minimum absolute atomic E-state index is 0.0279. The summed E-state index contributed by atoms with van der Waals surface area (Å²) < 4.78 is 5.45. The van der Waals surface area contributed by atoms with E-state index in [4.69, 9.17) is 10.5 Å². The summed E-state index contributed by atoms with van der Waals surface area (Å²) in [6, 6.07) is 1.64. The maximum absolute atomic E-state index is 11.6. The Bertz CT molecular complexity index is 572. The molecule has 2 heterocycles. The fourth-order valence-corrected chi connectivity index (χ4v) is 2.93. The lowest BCUT2D eigenvalue weighted by atomic mass is 9.83. The largest absolute Gasteiger partial charge is 0.504 e. The summed E-state index contributed by atoms with van der Waals surface area (Å²) >= 11 is 0. The Morgan fingerprint density at radius 3 is 3.00 bits per heavy atom. The van der Waals surface area contributed by atoms with Crippen LogP contribution in [0.25, 0.3) is 0 Å². The number of nitrogens with zero attached hydrogens (tertiary/aromatic N) is 1. The number of phenolic OH excluding ortho intramolecular Hbond substituents is 1. The van der Waals surface area contributed by atoms with Gasteiger partial charge in [0.2, 0.25) is 0 Å². The molecule has 6 heteroatoms. The van der Waals surface area contributed by atoms with Gasteiger partial charge in [0.1, 0.15) is 5.54 Å². The quantitative estimate of drug-likeness (QED) is 0.679. The maximum Gasteiger partial charge on any atom is 0.328 e. The second-order valence-corrected chi connectivity index (χ2v) is 5.15. The molecular weight excluding hydrogens is 248 g/mol. The van der Waals surface area contributed by atoms with Crippen molar-refractivity contribution in [3.8, 4) is 11.5 Å². The SMILES string of the molecule is CN1CCc2cc(O)c3c(c21)C(N)(C(=O)O)CCO3. The lowest BCUT2D eigenvalue weighted by molar-refractivity contribution is -0.144. The lowest BCUT2D eigenvalue weighted by Gasteiger charge is -2.35. The lowest BCUT2D eigenvalue weighted by Crippen LogP contribution is -2.49. The summed E-state index contributed by atoms with van der Waals surface area (Å²) in [5, 5.41) is 19.5. The van der Waals surface area contributed by atoms with Gasteiger partial charge >= 0.3 is 5.97 Å². The van der Waals surface area contributed by atoms with Gasteiger partial charge in [-0.25, -0.2) is 4.79 Å². The molecule has 1 atom stereocenters. The normalized spacial score (nSPS) is 24.6. The van der Waals surface area contributed by atoms with E-state index < -0.39 is 11.5 Å². The van der Waals surface area contributed by atoms with Gasteiger partial charge < -0.3 is 25.6 Å². The number of likely N-dealkylation sites (N-methyl/N-ethyl adjacent to an activating group) is 1. The van der Waals surface area contributed by atoms with Crippen LogP contribution in [0.1, 0.15) is 17.5 Å². The van der Waals surface area contributed by atoms with Crippen molar-refractivity contribution in [1.82, 2.24) is 0 Å². The predicted molar refractivity (Wildman–Crippen MR) is 68.7 cm³/mol. The van der Waals surface area contributed by atoms with Crippen LogP contribution in [0.15, 0.2) is 6.07 Å². The van der Waals surface area contributed by atoms with Crippen molar-refractivity contribution in [2.75, 3.05) is 25.1 Å². The highest BCUT2D eigenvalue weighted by Gasteiger charge is 2.46. The van der Waals surface area contributed by atoms with Crippen LogP contribution in [0.5, 0.6) is 11.5 Å². The van der Waals surface area contributed by atoms with Gasteiger partial charge in [0, 0.05) is 25.7 Å². The third-order valence-electron chi connectivity index (χ3n) is 3.98. The summed E-state index contributed by atoms with van der Waals surface area (Å²) in [4.78, 5) is 13.5. The number of anilines is 1. The fraction of sp³-hybridized carbons (Fsp3) is 0.462. The molecule has 102 valence electrons. The Morgan fingerprint density at radius 1 is 1.58 bits per heavy atom. The minimum Gasteiger partial charge on any atom is -0.504 e. The first kappa shape index (κ1) is 12.1. The first-order valence-electron chi connectivity index (χ1n) is 6.20. The second-order valence-electron chi connectivity index (χ2n) is 5.15. The molecule has 0 amide bonds. The van der Waals surface area contributed by atoms with Crippen molar-refractivity contribution in [2.45, 2.75) is 18.4 Å². The van der Waals surface area contributed by atoms with Gasteiger partial charge in [-0.05, 0) is 18.1 Å². The molecule has 3 rings (SSSR count). The smallest absolute Gasteiger partial charge is 0.328 e. The number of nitrogens with two attached hydrogens (primary N) is 1. The number of rotatable bonds is 1. The molecule has 0 radical (unpaired) electrons. The van der Waals surface area contributed by atoms with Crippen LogP contribution in [0, 0.1) is 0 Å². The number of hydrogen-bond donors (Lipinski definition) is 3. The zero-order valence-corrected chi connectivity index (χ0v) is 10.6. The molecule has 1 unspecified atom stereocenters. The second kappa shape index (κ2) is 3.77. The van der Waals surface area contributed by atoms with Crippen molar-refractivity contribution in [2.24, 2.45) is 5.73 Å². The van der Waals surface area contributed by atoms with E-state index >= 15 is 0 Å². The Balaban J connectivity index is 2.34. The summed E-state index contributed by atoms with van der Waals surface area (Å²) in [6.07, 6.45) is 0.960. The monoisotopic (exact) mass is 264 g/mol. The first-order chi connectivity index (χ1) is 8.95. The van der Waals surface area contributed by atoms with E-state index in [1.54, 1.807) is 6.07 Å². The molecule has 6 nitrogen and oxygen atoms in total. The van der Waals surface area contributed by atoms with Crippen LogP contribution >= 0.6 is 0 Å². The molecule has 2 aliphatic rings. The predicted octanol–water partition coefficient (Wildman–Crippen LogP) is 0.406. The van der Waals surface area contributed by atoms with Crippen LogP contribution in [-0.2, 0) is 16.8 Å². The molecule has 0 saturated heterocycles. The van der Waals surface area contributed by atoms with E-state index in [1.807, 2.05) is 11.9 Å². The number of aliphatic carboxylic acids is 1. The number of aromatic hydroxyl groups is 1. The van der Waals surface area contributed by atoms with Gasteiger partial charge in [0.15, 0.2) is 11.5 Å². The number of fused-ring (bicyclic) bond motifs is 3. The van der Waals surface area contributed by atoms with Gasteiger partial charge in [0.05, 0.1) is 12.2 Å². The van der Waals surface area contributed by atoms with Gasteiger partial charge in [-0.15, -0.1) is 0 Å². The number of ether oxygens (including phenoxy) is 1. The average Bonchev–Trinajstić information content (AvgIpc) is 2.71. The van der Waals surface area contributed by atoms with E-state index in [-0.39, 0.29) is 24.5 Å². The van der Waals surface area contributed by atoms with E-state index in [9.17, 15) is 15.0 Å². The highest BCUT2D eigenvalue weighted by molar-refractivity contribution is 5.88. The molecule has 0 bridgehead atoms. The summed E-state index contributed by atoms with van der Waals surface area (Å²) in [6.45, 7) is 0.965. The highest BCUT2D eigenvalue weighted by Crippen LogP contribution is 2.50. The minimum atomic E-state index is -1.50. The van der Waals surface area contributed by atoms with Crippen LogP contribution < -0.4 is 15.4 Å². The number of phenols is 1. The Hall–Kier alpha value is -1.95. The molecule has 0 saturated carbocycles. The molecule has 19 heavy (non-hydrogen) atoms. The van der Waals surface area contributed by atoms with Crippen molar-refractivity contribution < 1.29 is 19.7 Å². The van der Waals surface area contributed by atoms with Crippen LogP contribution in [0.4, 0.5) is 5.69 Å². The molecule has 0 aliphatic carbocycles. The average molecular weight is 264 g/mol. The van der Waals surface area contributed by atoms with Gasteiger partial charge in [-0.3, -0.25) is 0 Å². The summed E-state index contributed by atoms with van der Waals surface area (Å²) in [5.74, 6) is -0.909. The first-order valence-corrected chi connectivity index (χ1v) is 6.20. The maximum atomic E-state index is 11.6. The number of hydrogen-bond acceptors (Lipinski definition) is 5. The van der Waals surface area contributed by atoms with E-state index in [2.05, 4.69) is 0 Å². The Labute approximate surface area is 110 Å². The van der Waals surface area contributed by atoms with Crippen molar-refractivity contribution in [3.63, 3.8) is 0 Å². The topological polar surface area (TPSA) is 96.0 Å². The number of benzene rings is 1. The molecule has 2 aliphatic heterocycles. The molecular formula is C13H16N2O4. The van der Waals surface area contributed by atoms with Crippen LogP contribution in [-0.4, -0.2) is 36.4 Å². The van der Waals surface area contributed by atoms with Crippen LogP contribution in [0.3, 0.4) is 0 Å². The Kier molecular flexibility index (Phi) is 2.40. The molecule has 1 aromatic rings. The van der Waals surface area contributed by atoms with Crippen LogP contribution in [0.2, 0.25) is 0 Å². The third-order valence-corrected chi connectivity index (χ3v) is 3.98. The molecule has 4 N–H and O–H groups in total. The van der Waals surface area contributed by atoms with Crippen molar-refractivity contribution in [1.29, 1.82) is 0 Å². The standard InChI is InChI=1S/C13H16N2O4/c1-15-4-2-7-6-8(16)11-9(10(7)15)13(14,12(17)18)3-5-19-11/h6,16H,2-5,14H2,1H3,(H,17,18). The van der Waals surface area contributed by atoms with E-state index in [1.165, 1.54) is 0 Å². The molecule has 0 aromatic heterocycles. The summed E-state index contributed by atoms with van der Waals surface area (Å²) in [7, 11) is 1.89. The Morgan fingerprint density at radius 2 is 2.32 bits per heavy atom. The highest BCUT2D eigenvalue weighted by atomic mass is 16.5. The number of carboxylic acids is 1. The number of carboxylic acid groups (broad SMARTS) is 1. The van der Waals surface area contributed by atoms with Gasteiger partial charge in [0.25, 0.3) is 0 Å². The van der Waals surface area contributed by atoms with E-state index in [0.29, 0.717) is 5.56 Å². The van der Waals surface area contributed by atoms with Crippen molar-refractivity contribution >= 4 is 11.7 Å². The van der Waals surface area contributed by atoms with Gasteiger partial charge in [-0.1, -0.05) is 0 Å². The van der Waals surface area contributed by atoms with Gasteiger partial charge in [-0.2, -0.15) is 0 Å². The number of carbonyl (C=O) groups is 1.